The molecule has 3 rings (SSSR count). The molecule has 0 aliphatic rings. The number of nitrogens with one attached hydrogen (secondary N) is 1. The molecule has 8 nitrogen and oxygen atoms in total. The fourth-order valence-corrected chi connectivity index (χ4v) is 4.09. The molecular weight excluding hydrogens is 496 g/mol. The summed E-state index contributed by atoms with van der Waals surface area (Å²) < 4.78 is 10.8. The van der Waals surface area contributed by atoms with Crippen LogP contribution in [0.3, 0.4) is 0 Å². The molecule has 0 aromatic heterocycles. The first kappa shape index (κ1) is 29.4. The van der Waals surface area contributed by atoms with E-state index in [1.807, 2.05) is 72.8 Å². The largest absolute Gasteiger partial charge is 0.480 e. The number of benzene rings is 3. The Morgan fingerprint density at radius 3 is 2.03 bits per heavy atom. The Balaban J connectivity index is 1.93. The molecule has 0 radical (unpaired) electrons. The number of carbonyl (C=O) groups excluding carboxylic acids is 2. The molecule has 0 fully saturated rings. The fraction of sp³-hybridized carbons (Fsp3) is 0.323. The Kier molecular flexibility index (Phi) is 11.1. The highest BCUT2D eigenvalue weighted by molar-refractivity contribution is 5.82. The van der Waals surface area contributed by atoms with Gasteiger partial charge >= 0.3 is 18.0 Å². The molecule has 0 saturated carbocycles. The summed E-state index contributed by atoms with van der Waals surface area (Å²) in [7, 11) is 0. The van der Waals surface area contributed by atoms with Crippen molar-refractivity contribution in [3.63, 3.8) is 0 Å². The Bertz CT molecular complexity index is 1220. The van der Waals surface area contributed by atoms with Crippen LogP contribution in [0.4, 0.5) is 4.79 Å². The molecule has 0 bridgehead atoms. The lowest BCUT2D eigenvalue weighted by Crippen LogP contribution is -2.59. The highest BCUT2D eigenvalue weighted by atomic mass is 16.6. The lowest BCUT2D eigenvalue weighted by atomic mass is 9.98. The first-order chi connectivity index (χ1) is 18.8. The molecule has 39 heavy (non-hydrogen) atoms. The van der Waals surface area contributed by atoms with E-state index in [4.69, 9.17) is 9.47 Å². The van der Waals surface area contributed by atoms with E-state index in [1.165, 1.54) is 0 Å². The standard InChI is InChI=1S/C31H36N2O6/c1-4-38-30(36)28(20-23-12-7-5-8-13-23)33(31(37)39-21-24-14-9-6-10-15-24)32-27(29(34)35)19-25-16-11-17-26(18-25)22(2)3/h5-18,22,27-28,32H,4,19-21H2,1-3H3,(H,34,35)/t27-,28-/m0/s1. The number of carbonyl (C=O) groups is 3. The van der Waals surface area contributed by atoms with Crippen LogP contribution < -0.4 is 5.43 Å². The molecule has 8 heteroatoms. The van der Waals surface area contributed by atoms with E-state index in [1.54, 1.807) is 19.1 Å². The fourth-order valence-electron chi connectivity index (χ4n) is 4.09. The van der Waals surface area contributed by atoms with Crippen LogP contribution in [-0.2, 0) is 38.5 Å². The summed E-state index contributed by atoms with van der Waals surface area (Å²) in [4.78, 5) is 39.0. The predicted molar refractivity (Wildman–Crippen MR) is 148 cm³/mol. The number of rotatable bonds is 13. The number of aliphatic carboxylic acids is 1. The highest BCUT2D eigenvalue weighted by Gasteiger charge is 2.36. The van der Waals surface area contributed by atoms with E-state index in [2.05, 4.69) is 19.3 Å². The summed E-state index contributed by atoms with van der Waals surface area (Å²) in [6.07, 6.45) is -0.698. The van der Waals surface area contributed by atoms with Crippen LogP contribution in [0.5, 0.6) is 0 Å². The maximum Gasteiger partial charge on any atom is 0.425 e. The number of nitrogens with zero attached hydrogens (tertiary/aromatic N) is 1. The van der Waals surface area contributed by atoms with E-state index >= 15 is 0 Å². The number of ether oxygens (including phenoxy) is 2. The topological polar surface area (TPSA) is 105 Å². The maximum atomic E-state index is 13.5. The molecule has 0 aliphatic carbocycles. The summed E-state index contributed by atoms with van der Waals surface area (Å²) in [6, 6.07) is 23.5. The second kappa shape index (κ2) is 14.7. The van der Waals surface area contributed by atoms with Crippen molar-refractivity contribution < 1.29 is 29.0 Å². The van der Waals surface area contributed by atoms with Gasteiger partial charge in [0.1, 0.15) is 12.6 Å². The van der Waals surface area contributed by atoms with Crippen LogP contribution in [0, 0.1) is 0 Å². The van der Waals surface area contributed by atoms with Crippen LogP contribution in [0.25, 0.3) is 0 Å². The summed E-state index contributed by atoms with van der Waals surface area (Å²) in [5.41, 5.74) is 6.19. The van der Waals surface area contributed by atoms with Crippen LogP contribution in [0.2, 0.25) is 0 Å². The van der Waals surface area contributed by atoms with Crippen LogP contribution >= 0.6 is 0 Å². The van der Waals surface area contributed by atoms with E-state index in [9.17, 15) is 19.5 Å². The van der Waals surface area contributed by atoms with Crippen molar-refractivity contribution in [1.82, 2.24) is 10.4 Å². The first-order valence-corrected chi connectivity index (χ1v) is 13.1. The van der Waals surface area contributed by atoms with Gasteiger partial charge in [-0.1, -0.05) is 98.8 Å². The molecule has 206 valence electrons. The average molecular weight is 533 g/mol. The van der Waals surface area contributed by atoms with Gasteiger partial charge in [-0.05, 0) is 35.1 Å². The molecule has 0 unspecified atom stereocenters. The quantitative estimate of drug-likeness (QED) is 0.232. The van der Waals surface area contributed by atoms with Crippen molar-refractivity contribution in [3.05, 3.63) is 107 Å². The van der Waals surface area contributed by atoms with Crippen molar-refractivity contribution in [3.8, 4) is 0 Å². The summed E-state index contributed by atoms with van der Waals surface area (Å²) in [6.45, 7) is 5.84. The van der Waals surface area contributed by atoms with Crippen LogP contribution in [0.1, 0.15) is 48.9 Å². The number of carboxylic acid groups (broad SMARTS) is 1. The van der Waals surface area contributed by atoms with Gasteiger partial charge in [-0.15, -0.1) is 0 Å². The smallest absolute Gasteiger partial charge is 0.425 e. The van der Waals surface area contributed by atoms with Crippen molar-refractivity contribution >= 4 is 18.0 Å². The zero-order valence-corrected chi connectivity index (χ0v) is 22.6. The Hall–Kier alpha value is -4.17. The van der Waals surface area contributed by atoms with Gasteiger partial charge in [0, 0.05) is 12.8 Å². The Morgan fingerprint density at radius 2 is 1.44 bits per heavy atom. The third-order valence-corrected chi connectivity index (χ3v) is 6.19. The number of hydrogen-bond acceptors (Lipinski definition) is 6. The van der Waals surface area contributed by atoms with Crippen LogP contribution in [0.15, 0.2) is 84.9 Å². The Labute approximate surface area is 229 Å². The molecule has 0 spiro atoms. The van der Waals surface area contributed by atoms with E-state index in [0.717, 1.165) is 27.3 Å². The summed E-state index contributed by atoms with van der Waals surface area (Å²) in [5.74, 6) is -1.57. The summed E-state index contributed by atoms with van der Waals surface area (Å²) in [5, 5.41) is 11.1. The second-order valence-corrected chi connectivity index (χ2v) is 9.49. The maximum absolute atomic E-state index is 13.5. The SMILES string of the molecule is CCOC(=O)[C@H](Cc1ccccc1)N(N[C@@H](Cc1cccc(C(C)C)c1)C(=O)O)C(=O)OCc1ccccc1. The minimum absolute atomic E-state index is 0.0487. The van der Waals surface area contributed by atoms with Crippen molar-refractivity contribution in [2.75, 3.05) is 6.61 Å². The molecule has 2 N–H and O–H groups in total. The zero-order valence-electron chi connectivity index (χ0n) is 22.6. The Morgan fingerprint density at radius 1 is 0.821 bits per heavy atom. The predicted octanol–water partition coefficient (Wildman–Crippen LogP) is 5.12. The van der Waals surface area contributed by atoms with Crippen molar-refractivity contribution in [2.45, 2.75) is 58.2 Å². The highest BCUT2D eigenvalue weighted by Crippen LogP contribution is 2.18. The minimum atomic E-state index is -1.22. The molecule has 3 aromatic carbocycles. The lowest BCUT2D eigenvalue weighted by Gasteiger charge is -2.32. The van der Waals surface area contributed by atoms with E-state index in [0.29, 0.717) is 0 Å². The van der Waals surface area contributed by atoms with Gasteiger partial charge in [-0.3, -0.25) is 4.79 Å². The second-order valence-electron chi connectivity index (χ2n) is 9.49. The number of hydrogen-bond donors (Lipinski definition) is 2. The molecule has 0 heterocycles. The average Bonchev–Trinajstić information content (AvgIpc) is 2.94. The molecule has 0 aliphatic heterocycles. The lowest BCUT2D eigenvalue weighted by molar-refractivity contribution is -0.152. The molecule has 0 saturated heterocycles. The molecule has 3 aromatic rings. The first-order valence-electron chi connectivity index (χ1n) is 13.1. The monoisotopic (exact) mass is 532 g/mol. The molecular formula is C31H36N2O6. The van der Waals surface area contributed by atoms with E-state index < -0.39 is 30.1 Å². The summed E-state index contributed by atoms with van der Waals surface area (Å²) >= 11 is 0. The number of esters is 1. The van der Waals surface area contributed by atoms with Gasteiger partial charge in [0.2, 0.25) is 0 Å². The molecule has 1 amide bonds. The van der Waals surface area contributed by atoms with Crippen molar-refractivity contribution in [2.24, 2.45) is 0 Å². The minimum Gasteiger partial charge on any atom is -0.480 e. The zero-order chi connectivity index (χ0) is 28.2. The molecule has 2 atom stereocenters. The number of hydrazine groups is 1. The van der Waals surface area contributed by atoms with Gasteiger partial charge in [0.15, 0.2) is 6.04 Å². The number of amides is 1. The van der Waals surface area contributed by atoms with Gasteiger partial charge in [-0.25, -0.2) is 20.0 Å². The number of carboxylic acids is 1. The van der Waals surface area contributed by atoms with Gasteiger partial charge < -0.3 is 14.6 Å². The van der Waals surface area contributed by atoms with Gasteiger partial charge in [-0.2, -0.15) is 0 Å². The third-order valence-electron chi connectivity index (χ3n) is 6.19. The normalized spacial score (nSPS) is 12.4. The van der Waals surface area contributed by atoms with Gasteiger partial charge in [0.05, 0.1) is 6.61 Å². The van der Waals surface area contributed by atoms with E-state index in [-0.39, 0.29) is 32.0 Å². The van der Waals surface area contributed by atoms with Crippen LogP contribution in [-0.4, -0.2) is 46.8 Å². The third kappa shape index (κ3) is 8.97. The van der Waals surface area contributed by atoms with Crippen molar-refractivity contribution in [1.29, 1.82) is 0 Å². The van der Waals surface area contributed by atoms with Gasteiger partial charge in [0.25, 0.3) is 0 Å².